The lowest BCUT2D eigenvalue weighted by molar-refractivity contribution is 0.0729. The van der Waals surface area contributed by atoms with Crippen LogP contribution in [0.1, 0.15) is 21.7 Å². The summed E-state index contributed by atoms with van der Waals surface area (Å²) in [5, 5.41) is 4.88. The number of amides is 1. The van der Waals surface area contributed by atoms with Gasteiger partial charge < -0.3 is 14.2 Å². The van der Waals surface area contributed by atoms with Gasteiger partial charge in [0.25, 0.3) is 5.91 Å². The van der Waals surface area contributed by atoms with Crippen LogP contribution in [0.25, 0.3) is 11.3 Å². The number of ether oxygens (including phenoxy) is 1. The molecule has 6 heteroatoms. The van der Waals surface area contributed by atoms with Crippen LogP contribution in [0.5, 0.6) is 5.75 Å². The Morgan fingerprint density at radius 3 is 2.58 bits per heavy atom. The van der Waals surface area contributed by atoms with Gasteiger partial charge in [0.15, 0.2) is 0 Å². The summed E-state index contributed by atoms with van der Waals surface area (Å²) < 4.78 is 10.6. The second kappa shape index (κ2) is 6.84. The van der Waals surface area contributed by atoms with E-state index in [9.17, 15) is 4.79 Å². The van der Waals surface area contributed by atoms with Gasteiger partial charge in [-0.05, 0) is 36.4 Å². The Balaban J connectivity index is 1.59. The molecule has 0 aliphatic carbocycles. The van der Waals surface area contributed by atoms with E-state index in [1.54, 1.807) is 31.4 Å². The van der Waals surface area contributed by atoms with Crippen molar-refractivity contribution in [1.82, 2.24) is 10.1 Å². The summed E-state index contributed by atoms with van der Waals surface area (Å²) in [5.41, 5.74) is 3.29. The molecule has 5 nitrogen and oxygen atoms in total. The van der Waals surface area contributed by atoms with Gasteiger partial charge in [0.05, 0.1) is 13.7 Å². The van der Waals surface area contributed by atoms with Crippen molar-refractivity contribution >= 4 is 17.5 Å². The van der Waals surface area contributed by atoms with Crippen molar-refractivity contribution in [2.75, 3.05) is 13.7 Å². The highest BCUT2D eigenvalue weighted by Crippen LogP contribution is 2.31. The first kappa shape index (κ1) is 16.7. The Morgan fingerprint density at radius 2 is 1.88 bits per heavy atom. The Kier molecular flexibility index (Phi) is 4.39. The first-order chi connectivity index (χ1) is 12.7. The summed E-state index contributed by atoms with van der Waals surface area (Å²) in [4.78, 5) is 14.7. The van der Waals surface area contributed by atoms with E-state index >= 15 is 0 Å². The van der Waals surface area contributed by atoms with Crippen molar-refractivity contribution in [1.29, 1.82) is 0 Å². The van der Waals surface area contributed by atoms with Gasteiger partial charge in [-0.3, -0.25) is 4.79 Å². The molecule has 1 aromatic heterocycles. The molecule has 0 unspecified atom stereocenters. The molecule has 1 amide bonds. The van der Waals surface area contributed by atoms with Crippen molar-refractivity contribution in [3.8, 4) is 17.0 Å². The van der Waals surface area contributed by atoms with Crippen LogP contribution in [-0.4, -0.2) is 29.6 Å². The molecule has 0 N–H and O–H groups in total. The van der Waals surface area contributed by atoms with Crippen LogP contribution in [-0.2, 0) is 13.0 Å². The topological polar surface area (TPSA) is 55.6 Å². The van der Waals surface area contributed by atoms with E-state index in [-0.39, 0.29) is 5.91 Å². The molecule has 0 radical (unpaired) electrons. The molecule has 2 heterocycles. The fourth-order valence-corrected chi connectivity index (χ4v) is 3.26. The van der Waals surface area contributed by atoms with Gasteiger partial charge in [0.1, 0.15) is 17.2 Å². The summed E-state index contributed by atoms with van der Waals surface area (Å²) in [6.07, 6.45) is 0.651. The third kappa shape index (κ3) is 3.06. The molecule has 0 bridgehead atoms. The molecule has 26 heavy (non-hydrogen) atoms. The fourth-order valence-electron chi connectivity index (χ4n) is 3.13. The number of nitrogens with zero attached hydrogens (tertiary/aromatic N) is 2. The molecule has 2 aromatic carbocycles. The number of methoxy groups -OCH3 is 1. The van der Waals surface area contributed by atoms with Crippen LogP contribution in [0.2, 0.25) is 5.02 Å². The summed E-state index contributed by atoms with van der Waals surface area (Å²) in [7, 11) is 1.60. The molecule has 3 aromatic rings. The number of benzene rings is 2. The van der Waals surface area contributed by atoms with Crippen LogP contribution >= 0.6 is 11.6 Å². The fraction of sp³-hybridized carbons (Fsp3) is 0.200. The van der Waals surface area contributed by atoms with Crippen molar-refractivity contribution < 1.29 is 14.1 Å². The average Bonchev–Trinajstić information content (AvgIpc) is 3.11. The SMILES string of the molecule is COc1ccc(C(=O)N2CCc3onc(-c4ccc(Cl)cc4)c3C2)cc1. The van der Waals surface area contributed by atoms with E-state index in [1.165, 1.54) is 0 Å². The third-order valence-electron chi connectivity index (χ3n) is 4.57. The second-order valence-corrected chi connectivity index (χ2v) is 6.58. The minimum absolute atomic E-state index is 0.0124. The van der Waals surface area contributed by atoms with Gasteiger partial charge >= 0.3 is 0 Å². The number of carbonyl (C=O) groups excluding carboxylic acids is 1. The Bertz CT molecular complexity index is 933. The summed E-state index contributed by atoms with van der Waals surface area (Å²) in [5.74, 6) is 1.56. The number of aromatic nitrogens is 1. The lowest BCUT2D eigenvalue weighted by Crippen LogP contribution is -2.35. The van der Waals surface area contributed by atoms with E-state index in [4.69, 9.17) is 20.9 Å². The van der Waals surface area contributed by atoms with Crippen LogP contribution in [0.4, 0.5) is 0 Å². The zero-order valence-corrected chi connectivity index (χ0v) is 15.0. The molecule has 0 fully saturated rings. The van der Waals surface area contributed by atoms with Gasteiger partial charge in [-0.1, -0.05) is 28.9 Å². The van der Waals surface area contributed by atoms with Gasteiger partial charge in [0.2, 0.25) is 0 Å². The molecule has 0 atom stereocenters. The standard InChI is InChI=1S/C20H17ClN2O3/c1-25-16-8-4-14(5-9-16)20(24)23-11-10-18-17(12-23)19(22-26-18)13-2-6-15(21)7-3-13/h2-9H,10-12H2,1H3. The van der Waals surface area contributed by atoms with Crippen LogP contribution < -0.4 is 4.74 Å². The maximum atomic E-state index is 12.8. The molecular weight excluding hydrogens is 352 g/mol. The van der Waals surface area contributed by atoms with E-state index in [2.05, 4.69) is 5.16 Å². The minimum atomic E-state index is -0.0124. The quantitative estimate of drug-likeness (QED) is 0.695. The van der Waals surface area contributed by atoms with Crippen molar-refractivity contribution in [3.05, 3.63) is 70.4 Å². The lowest BCUT2D eigenvalue weighted by atomic mass is 10.0. The highest BCUT2D eigenvalue weighted by atomic mass is 35.5. The number of halogens is 1. The largest absolute Gasteiger partial charge is 0.497 e. The molecule has 1 aliphatic heterocycles. The Hall–Kier alpha value is -2.79. The van der Waals surface area contributed by atoms with Gasteiger partial charge in [-0.2, -0.15) is 0 Å². The number of rotatable bonds is 3. The van der Waals surface area contributed by atoms with E-state index < -0.39 is 0 Å². The number of hydrogen-bond acceptors (Lipinski definition) is 4. The van der Waals surface area contributed by atoms with Crippen LogP contribution in [0, 0.1) is 0 Å². The Morgan fingerprint density at radius 1 is 1.15 bits per heavy atom. The highest BCUT2D eigenvalue weighted by Gasteiger charge is 2.28. The monoisotopic (exact) mass is 368 g/mol. The van der Waals surface area contributed by atoms with E-state index in [0.717, 1.165) is 28.3 Å². The Labute approximate surface area is 156 Å². The summed E-state index contributed by atoms with van der Waals surface area (Å²) >= 11 is 5.96. The maximum absolute atomic E-state index is 12.8. The first-order valence-electron chi connectivity index (χ1n) is 8.32. The molecule has 0 saturated heterocycles. The second-order valence-electron chi connectivity index (χ2n) is 6.15. The highest BCUT2D eigenvalue weighted by molar-refractivity contribution is 6.30. The normalized spacial score (nSPS) is 13.4. The molecule has 0 spiro atoms. The minimum Gasteiger partial charge on any atom is -0.497 e. The van der Waals surface area contributed by atoms with Crippen LogP contribution in [0.3, 0.4) is 0 Å². The van der Waals surface area contributed by atoms with Crippen molar-refractivity contribution in [3.63, 3.8) is 0 Å². The smallest absolute Gasteiger partial charge is 0.254 e. The van der Waals surface area contributed by atoms with Gasteiger partial charge in [0, 0.05) is 34.7 Å². The summed E-state index contributed by atoms with van der Waals surface area (Å²) in [6.45, 7) is 1.08. The predicted molar refractivity (Wildman–Crippen MR) is 98.4 cm³/mol. The van der Waals surface area contributed by atoms with E-state index in [1.807, 2.05) is 29.2 Å². The van der Waals surface area contributed by atoms with E-state index in [0.29, 0.717) is 30.1 Å². The zero-order chi connectivity index (χ0) is 18.1. The molecule has 4 rings (SSSR count). The molecule has 1 aliphatic rings. The molecular formula is C20H17ClN2O3. The van der Waals surface area contributed by atoms with Crippen LogP contribution in [0.15, 0.2) is 53.1 Å². The number of carbonyl (C=O) groups is 1. The maximum Gasteiger partial charge on any atom is 0.254 e. The molecule has 132 valence electrons. The number of hydrogen-bond donors (Lipinski definition) is 0. The average molecular weight is 369 g/mol. The first-order valence-corrected chi connectivity index (χ1v) is 8.70. The zero-order valence-electron chi connectivity index (χ0n) is 14.2. The van der Waals surface area contributed by atoms with Gasteiger partial charge in [-0.25, -0.2) is 0 Å². The number of fused-ring (bicyclic) bond motifs is 1. The lowest BCUT2D eigenvalue weighted by Gasteiger charge is -2.26. The third-order valence-corrected chi connectivity index (χ3v) is 4.82. The summed E-state index contributed by atoms with van der Waals surface area (Å²) in [6, 6.07) is 14.6. The van der Waals surface area contributed by atoms with Gasteiger partial charge in [-0.15, -0.1) is 0 Å². The molecule has 0 saturated carbocycles. The van der Waals surface area contributed by atoms with Crippen molar-refractivity contribution in [2.45, 2.75) is 13.0 Å². The predicted octanol–water partition coefficient (Wildman–Crippen LogP) is 4.20. The van der Waals surface area contributed by atoms with Crippen molar-refractivity contribution in [2.24, 2.45) is 0 Å².